The molecule has 2 aromatic carbocycles. The normalized spacial score (nSPS) is 14.8. The van der Waals surface area contributed by atoms with Gasteiger partial charge in [-0.3, -0.25) is 14.7 Å². The number of benzene rings is 2. The molecule has 0 unspecified atom stereocenters. The third-order valence-electron chi connectivity index (χ3n) is 5.29. The number of anilines is 2. The fourth-order valence-corrected chi connectivity index (χ4v) is 3.98. The first-order chi connectivity index (χ1) is 15.3. The van der Waals surface area contributed by atoms with Crippen LogP contribution in [0.1, 0.15) is 22.6 Å². The average Bonchev–Trinajstić information content (AvgIpc) is 3.26. The zero-order valence-corrected chi connectivity index (χ0v) is 18.7. The van der Waals surface area contributed by atoms with Crippen LogP contribution in [-0.4, -0.2) is 44.7 Å². The summed E-state index contributed by atoms with van der Waals surface area (Å²) < 4.78 is 43.4. The van der Waals surface area contributed by atoms with Gasteiger partial charge in [0.25, 0.3) is 5.91 Å². The molecule has 32 heavy (non-hydrogen) atoms. The zero-order valence-electron chi connectivity index (χ0n) is 16.5. The van der Waals surface area contributed by atoms with E-state index in [-0.39, 0.29) is 24.3 Å². The summed E-state index contributed by atoms with van der Waals surface area (Å²) in [5.74, 6) is 2.45. The fourth-order valence-electron chi connectivity index (χ4n) is 3.53. The lowest BCUT2D eigenvalue weighted by molar-refractivity contribution is -0.136. The number of aromatic amines is 1. The Kier molecular flexibility index (Phi) is 6.35. The minimum Gasteiger partial charge on any atom is -0.350 e. The van der Waals surface area contributed by atoms with Crippen LogP contribution in [0.25, 0.3) is 0 Å². The van der Waals surface area contributed by atoms with E-state index in [4.69, 9.17) is 10.7 Å². The molecule has 1 aromatic heterocycles. The predicted molar refractivity (Wildman–Crippen MR) is 117 cm³/mol. The molecule has 0 saturated carbocycles. The minimum absolute atomic E-state index is 0.0840. The summed E-state index contributed by atoms with van der Waals surface area (Å²) >= 11 is 1.93. The SMILES string of the molecule is NOC1(CCc2ncn[nH]2)CN(C(=O)c2ccc(F)c(F)c2Nc2ccc(I)cc2F)C1. The largest absolute Gasteiger partial charge is 0.350 e. The molecule has 0 radical (unpaired) electrons. The van der Waals surface area contributed by atoms with Crippen LogP contribution in [0.3, 0.4) is 0 Å². The number of nitrogens with zero attached hydrogens (tertiary/aromatic N) is 3. The number of halogens is 4. The van der Waals surface area contributed by atoms with Gasteiger partial charge in [-0.25, -0.2) is 24.1 Å². The highest BCUT2D eigenvalue weighted by molar-refractivity contribution is 14.1. The molecule has 12 heteroatoms. The van der Waals surface area contributed by atoms with Gasteiger partial charge in [0.2, 0.25) is 0 Å². The fraction of sp³-hybridized carbons (Fsp3) is 0.250. The Morgan fingerprint density at radius 3 is 2.69 bits per heavy atom. The van der Waals surface area contributed by atoms with Crippen molar-refractivity contribution in [2.45, 2.75) is 18.4 Å². The van der Waals surface area contributed by atoms with Crippen LogP contribution in [0.15, 0.2) is 36.7 Å². The first-order valence-corrected chi connectivity index (χ1v) is 10.6. The van der Waals surface area contributed by atoms with Crippen molar-refractivity contribution >= 4 is 39.9 Å². The topological polar surface area (TPSA) is 109 Å². The standard InChI is InChI=1S/C20H18F3IN6O2/c21-13-3-2-12(18(17(13)23)28-15-4-1-11(24)7-14(15)22)19(31)30-8-20(9-30,32-25)6-5-16-26-10-27-29-16/h1-4,7,10,28H,5-6,8-9,25H2,(H,26,27,29). The minimum atomic E-state index is -1.28. The summed E-state index contributed by atoms with van der Waals surface area (Å²) in [6.07, 6.45) is 2.36. The van der Waals surface area contributed by atoms with Gasteiger partial charge in [0.1, 0.15) is 23.6 Å². The quantitative estimate of drug-likeness (QED) is 0.304. The van der Waals surface area contributed by atoms with Crippen LogP contribution < -0.4 is 11.2 Å². The molecular formula is C20H18F3IN6O2. The lowest BCUT2D eigenvalue weighted by Gasteiger charge is -2.48. The van der Waals surface area contributed by atoms with Gasteiger partial charge in [-0.2, -0.15) is 5.10 Å². The maximum absolute atomic E-state index is 14.6. The summed E-state index contributed by atoms with van der Waals surface area (Å²) in [7, 11) is 0. The van der Waals surface area contributed by atoms with E-state index in [1.54, 1.807) is 6.07 Å². The number of rotatable bonds is 7. The van der Waals surface area contributed by atoms with Crippen molar-refractivity contribution in [3.05, 3.63) is 69.1 Å². The van der Waals surface area contributed by atoms with E-state index in [0.29, 0.717) is 22.2 Å². The van der Waals surface area contributed by atoms with Crippen LogP contribution in [0.4, 0.5) is 24.5 Å². The van der Waals surface area contributed by atoms with E-state index in [1.165, 1.54) is 23.4 Å². The zero-order chi connectivity index (χ0) is 22.9. The number of nitrogens with one attached hydrogen (secondary N) is 2. The third kappa shape index (κ3) is 4.42. The molecule has 1 aliphatic rings. The van der Waals surface area contributed by atoms with Gasteiger partial charge in [0.05, 0.1) is 30.0 Å². The van der Waals surface area contributed by atoms with Crippen LogP contribution >= 0.6 is 22.6 Å². The first kappa shape index (κ1) is 22.5. The van der Waals surface area contributed by atoms with Gasteiger partial charge in [-0.05, 0) is 59.3 Å². The Morgan fingerprint density at radius 2 is 2.03 bits per heavy atom. The summed E-state index contributed by atoms with van der Waals surface area (Å²) in [6, 6.07) is 6.23. The maximum atomic E-state index is 14.6. The molecule has 1 fully saturated rings. The molecular weight excluding hydrogens is 540 g/mol. The Balaban J connectivity index is 1.53. The van der Waals surface area contributed by atoms with E-state index in [9.17, 15) is 18.0 Å². The predicted octanol–water partition coefficient (Wildman–Crippen LogP) is 3.29. The van der Waals surface area contributed by atoms with E-state index in [0.717, 1.165) is 12.1 Å². The van der Waals surface area contributed by atoms with Crippen LogP contribution in [0.5, 0.6) is 0 Å². The molecule has 4 N–H and O–H groups in total. The van der Waals surface area contributed by atoms with E-state index >= 15 is 0 Å². The molecule has 1 saturated heterocycles. The maximum Gasteiger partial charge on any atom is 0.256 e. The van der Waals surface area contributed by atoms with Crippen LogP contribution in [0.2, 0.25) is 0 Å². The number of amides is 1. The second-order valence-electron chi connectivity index (χ2n) is 7.43. The number of hydrogen-bond acceptors (Lipinski definition) is 6. The molecule has 1 amide bonds. The smallest absolute Gasteiger partial charge is 0.256 e. The number of carbonyl (C=O) groups is 1. The highest BCUT2D eigenvalue weighted by Gasteiger charge is 2.47. The Hall–Kier alpha value is -2.71. The Morgan fingerprint density at radius 1 is 1.25 bits per heavy atom. The monoisotopic (exact) mass is 558 g/mol. The second-order valence-corrected chi connectivity index (χ2v) is 8.67. The van der Waals surface area contributed by atoms with Crippen molar-refractivity contribution < 1.29 is 22.8 Å². The molecule has 0 atom stereocenters. The number of H-pyrrole nitrogens is 1. The van der Waals surface area contributed by atoms with Gasteiger partial charge < -0.3 is 10.2 Å². The van der Waals surface area contributed by atoms with Crippen molar-refractivity contribution in [1.29, 1.82) is 0 Å². The molecule has 3 aromatic rings. The van der Waals surface area contributed by atoms with E-state index in [1.807, 2.05) is 22.6 Å². The van der Waals surface area contributed by atoms with Crippen LogP contribution in [-0.2, 0) is 11.3 Å². The molecule has 4 rings (SSSR count). The van der Waals surface area contributed by atoms with Gasteiger partial charge in [-0.15, -0.1) is 0 Å². The number of hydrogen-bond donors (Lipinski definition) is 3. The molecule has 8 nitrogen and oxygen atoms in total. The van der Waals surface area contributed by atoms with Crippen LogP contribution in [0, 0.1) is 21.0 Å². The number of aromatic nitrogens is 3. The summed E-state index contributed by atoms with van der Waals surface area (Å²) in [6.45, 7) is 0.291. The molecule has 2 heterocycles. The molecule has 0 aliphatic carbocycles. The Bertz CT molecular complexity index is 1140. The lowest BCUT2D eigenvalue weighted by Crippen LogP contribution is -2.65. The summed E-state index contributed by atoms with van der Waals surface area (Å²) in [4.78, 5) is 23.6. The van der Waals surface area contributed by atoms with Gasteiger partial charge >= 0.3 is 0 Å². The second kappa shape index (κ2) is 9.03. The highest BCUT2D eigenvalue weighted by atomic mass is 127. The third-order valence-corrected chi connectivity index (χ3v) is 5.96. The number of nitrogens with two attached hydrogens (primary N) is 1. The first-order valence-electron chi connectivity index (χ1n) is 9.53. The number of carbonyl (C=O) groups excluding carboxylic acids is 1. The number of likely N-dealkylation sites (tertiary alicyclic amines) is 1. The summed E-state index contributed by atoms with van der Waals surface area (Å²) in [5.41, 5.74) is -1.46. The lowest BCUT2D eigenvalue weighted by atomic mass is 9.88. The van der Waals surface area contributed by atoms with Gasteiger partial charge in [0.15, 0.2) is 11.6 Å². The van der Waals surface area contributed by atoms with Crippen molar-refractivity contribution in [2.24, 2.45) is 5.90 Å². The number of aryl methyl sites for hydroxylation is 1. The van der Waals surface area contributed by atoms with Crippen molar-refractivity contribution in [2.75, 3.05) is 18.4 Å². The molecule has 168 valence electrons. The van der Waals surface area contributed by atoms with Crippen molar-refractivity contribution in [3.63, 3.8) is 0 Å². The van der Waals surface area contributed by atoms with Gasteiger partial charge in [0, 0.05) is 9.99 Å². The van der Waals surface area contributed by atoms with E-state index < -0.39 is 34.6 Å². The summed E-state index contributed by atoms with van der Waals surface area (Å²) in [5, 5.41) is 9.03. The van der Waals surface area contributed by atoms with Gasteiger partial charge in [-0.1, -0.05) is 0 Å². The highest BCUT2D eigenvalue weighted by Crippen LogP contribution is 2.34. The van der Waals surface area contributed by atoms with E-state index in [2.05, 4.69) is 20.5 Å². The van der Waals surface area contributed by atoms with Crippen molar-refractivity contribution in [3.8, 4) is 0 Å². The average molecular weight is 558 g/mol. The molecule has 1 aliphatic heterocycles. The molecule has 0 bridgehead atoms. The Labute approximate surface area is 194 Å². The molecule has 0 spiro atoms. The van der Waals surface area contributed by atoms with Crippen molar-refractivity contribution in [1.82, 2.24) is 20.1 Å².